The number of aromatic amines is 1. The molecule has 10 nitrogen and oxygen atoms in total. The second-order valence-electron chi connectivity index (χ2n) is 4.27. The third-order valence-electron chi connectivity index (χ3n) is 2.80. The quantitative estimate of drug-likeness (QED) is 0.638. The molecule has 0 unspecified atom stereocenters. The Morgan fingerprint density at radius 3 is 3.05 bits per heavy atom. The molecule has 108 valence electrons. The summed E-state index contributed by atoms with van der Waals surface area (Å²) in [7, 11) is 1.80. The van der Waals surface area contributed by atoms with Crippen molar-refractivity contribution in [3.63, 3.8) is 0 Å². The summed E-state index contributed by atoms with van der Waals surface area (Å²) in [6, 6.07) is 0. The molecule has 0 spiro atoms. The monoisotopic (exact) mass is 288 g/mol. The topological polar surface area (TPSA) is 116 Å². The standard InChI is InChI=1S/C11H12N8O2/c1-18-6-8(4-14-18)10-9(5-12-15-10)11(20)21-3-2-19-7-13-16-17-19/h4-7H,2-3H2,1H3,(H,12,15). The van der Waals surface area contributed by atoms with Crippen molar-refractivity contribution in [3.05, 3.63) is 30.5 Å². The van der Waals surface area contributed by atoms with Crippen molar-refractivity contribution in [3.8, 4) is 11.3 Å². The van der Waals surface area contributed by atoms with Gasteiger partial charge in [0.1, 0.15) is 18.5 Å². The molecule has 0 bridgehead atoms. The average molecular weight is 288 g/mol. The van der Waals surface area contributed by atoms with Crippen LogP contribution in [0.1, 0.15) is 10.4 Å². The Hall–Kier alpha value is -3.04. The number of nitrogens with zero attached hydrogens (tertiary/aromatic N) is 7. The predicted octanol–water partition coefficient (Wildman–Crippen LogP) is -0.346. The van der Waals surface area contributed by atoms with E-state index >= 15 is 0 Å². The molecule has 0 saturated heterocycles. The SMILES string of the molecule is Cn1cc(-c2[nH]ncc2C(=O)OCCn2cnnn2)cn1. The highest BCUT2D eigenvalue weighted by molar-refractivity contribution is 5.95. The number of nitrogens with one attached hydrogen (secondary N) is 1. The summed E-state index contributed by atoms with van der Waals surface area (Å²) >= 11 is 0. The number of esters is 1. The number of carbonyl (C=O) groups excluding carboxylic acids is 1. The van der Waals surface area contributed by atoms with Gasteiger partial charge in [0.05, 0.1) is 24.6 Å². The second-order valence-corrected chi connectivity index (χ2v) is 4.27. The largest absolute Gasteiger partial charge is 0.460 e. The van der Waals surface area contributed by atoms with Crippen LogP contribution in [0.5, 0.6) is 0 Å². The molecule has 3 aromatic rings. The average Bonchev–Trinajstić information content (AvgIpc) is 3.18. The molecule has 0 fully saturated rings. The molecular formula is C11H12N8O2. The van der Waals surface area contributed by atoms with Crippen LogP contribution in [0.2, 0.25) is 0 Å². The number of H-pyrrole nitrogens is 1. The van der Waals surface area contributed by atoms with Crippen molar-refractivity contribution in [2.24, 2.45) is 7.05 Å². The lowest BCUT2D eigenvalue weighted by Gasteiger charge is -2.04. The van der Waals surface area contributed by atoms with Crippen molar-refractivity contribution in [1.82, 2.24) is 40.2 Å². The van der Waals surface area contributed by atoms with Crippen molar-refractivity contribution in [2.45, 2.75) is 6.54 Å². The fourth-order valence-corrected chi connectivity index (χ4v) is 1.80. The van der Waals surface area contributed by atoms with Gasteiger partial charge in [0.15, 0.2) is 0 Å². The summed E-state index contributed by atoms with van der Waals surface area (Å²) < 4.78 is 8.30. The molecule has 3 rings (SSSR count). The minimum absolute atomic E-state index is 0.168. The summed E-state index contributed by atoms with van der Waals surface area (Å²) in [6.45, 7) is 0.556. The van der Waals surface area contributed by atoms with Crippen molar-refractivity contribution >= 4 is 5.97 Å². The fraction of sp³-hybridized carbons (Fsp3) is 0.273. The van der Waals surface area contributed by atoms with Crippen LogP contribution in [0.3, 0.4) is 0 Å². The van der Waals surface area contributed by atoms with Gasteiger partial charge < -0.3 is 4.74 Å². The first kappa shape index (κ1) is 13.0. The van der Waals surface area contributed by atoms with Crippen LogP contribution in [-0.4, -0.2) is 52.8 Å². The lowest BCUT2D eigenvalue weighted by atomic mass is 10.1. The van der Waals surface area contributed by atoms with Gasteiger partial charge in [0.25, 0.3) is 0 Å². The molecule has 0 amide bonds. The highest BCUT2D eigenvalue weighted by atomic mass is 16.5. The molecule has 0 aliphatic rings. The normalized spacial score (nSPS) is 10.7. The Labute approximate surface area is 118 Å². The zero-order chi connectivity index (χ0) is 14.7. The summed E-state index contributed by atoms with van der Waals surface area (Å²) in [5.74, 6) is -0.462. The third kappa shape index (κ3) is 2.78. The zero-order valence-electron chi connectivity index (χ0n) is 11.2. The van der Waals surface area contributed by atoms with Crippen LogP contribution in [-0.2, 0) is 18.3 Å². The molecule has 0 aliphatic heterocycles. The van der Waals surface area contributed by atoms with Gasteiger partial charge in [-0.05, 0) is 10.4 Å². The van der Waals surface area contributed by atoms with Gasteiger partial charge in [-0.3, -0.25) is 9.78 Å². The number of hydrogen-bond acceptors (Lipinski definition) is 7. The maximum atomic E-state index is 12.1. The molecule has 0 saturated carbocycles. The number of tetrazole rings is 1. The van der Waals surface area contributed by atoms with E-state index in [1.807, 2.05) is 0 Å². The molecule has 3 aromatic heterocycles. The highest BCUT2D eigenvalue weighted by Gasteiger charge is 2.17. The molecule has 0 aromatic carbocycles. The van der Waals surface area contributed by atoms with Crippen LogP contribution in [0.25, 0.3) is 11.3 Å². The molecule has 0 aliphatic carbocycles. The first-order valence-corrected chi connectivity index (χ1v) is 6.14. The Kier molecular flexibility index (Phi) is 3.41. The third-order valence-corrected chi connectivity index (χ3v) is 2.80. The number of aryl methyl sites for hydroxylation is 1. The number of ether oxygens (including phenoxy) is 1. The number of aromatic nitrogens is 8. The minimum atomic E-state index is -0.462. The van der Waals surface area contributed by atoms with E-state index in [1.165, 1.54) is 17.2 Å². The fourth-order valence-electron chi connectivity index (χ4n) is 1.80. The zero-order valence-corrected chi connectivity index (χ0v) is 11.2. The molecule has 10 heteroatoms. The summed E-state index contributed by atoms with van der Waals surface area (Å²) in [6.07, 6.45) is 6.31. The van der Waals surface area contributed by atoms with Crippen molar-refractivity contribution in [2.75, 3.05) is 6.61 Å². The molecular weight excluding hydrogens is 276 g/mol. The lowest BCUT2D eigenvalue weighted by molar-refractivity contribution is 0.0488. The molecule has 0 radical (unpaired) electrons. The smallest absolute Gasteiger partial charge is 0.342 e. The lowest BCUT2D eigenvalue weighted by Crippen LogP contribution is -2.12. The Morgan fingerprint density at radius 2 is 2.33 bits per heavy atom. The van der Waals surface area contributed by atoms with Gasteiger partial charge in [-0.15, -0.1) is 5.10 Å². The molecule has 0 atom stereocenters. The number of carbonyl (C=O) groups is 1. The van der Waals surface area contributed by atoms with E-state index in [2.05, 4.69) is 30.8 Å². The van der Waals surface area contributed by atoms with Gasteiger partial charge in [-0.25, -0.2) is 9.48 Å². The van der Waals surface area contributed by atoms with Crippen molar-refractivity contribution < 1.29 is 9.53 Å². The van der Waals surface area contributed by atoms with Crippen LogP contribution in [0.4, 0.5) is 0 Å². The second kappa shape index (κ2) is 5.53. The summed E-state index contributed by atoms with van der Waals surface area (Å²) in [4.78, 5) is 12.1. The van der Waals surface area contributed by atoms with E-state index in [0.717, 1.165) is 5.56 Å². The van der Waals surface area contributed by atoms with E-state index in [0.29, 0.717) is 17.8 Å². The Morgan fingerprint density at radius 1 is 1.43 bits per heavy atom. The van der Waals surface area contributed by atoms with Crippen LogP contribution >= 0.6 is 0 Å². The number of hydrogen-bond donors (Lipinski definition) is 1. The maximum absolute atomic E-state index is 12.1. The molecule has 21 heavy (non-hydrogen) atoms. The van der Waals surface area contributed by atoms with Crippen molar-refractivity contribution in [1.29, 1.82) is 0 Å². The van der Waals surface area contributed by atoms with E-state index in [-0.39, 0.29) is 6.61 Å². The van der Waals surface area contributed by atoms with Gasteiger partial charge in [-0.2, -0.15) is 10.2 Å². The van der Waals surface area contributed by atoms with E-state index in [1.54, 1.807) is 24.1 Å². The highest BCUT2D eigenvalue weighted by Crippen LogP contribution is 2.20. The number of rotatable bonds is 5. The van der Waals surface area contributed by atoms with Gasteiger partial charge in [-0.1, -0.05) is 0 Å². The van der Waals surface area contributed by atoms with E-state index in [9.17, 15) is 4.79 Å². The van der Waals surface area contributed by atoms with Gasteiger partial charge in [0, 0.05) is 18.8 Å². The summed E-state index contributed by atoms with van der Waals surface area (Å²) in [5, 5.41) is 21.4. The van der Waals surface area contributed by atoms with Gasteiger partial charge >= 0.3 is 5.97 Å². The van der Waals surface area contributed by atoms with Gasteiger partial charge in [0.2, 0.25) is 0 Å². The predicted molar refractivity (Wildman–Crippen MR) is 68.9 cm³/mol. The minimum Gasteiger partial charge on any atom is -0.460 e. The van der Waals surface area contributed by atoms with E-state index < -0.39 is 5.97 Å². The van der Waals surface area contributed by atoms with E-state index in [4.69, 9.17) is 4.74 Å². The first-order valence-electron chi connectivity index (χ1n) is 6.14. The summed E-state index contributed by atoms with van der Waals surface area (Å²) in [5.41, 5.74) is 1.71. The van der Waals surface area contributed by atoms with Crippen LogP contribution < -0.4 is 0 Å². The first-order chi connectivity index (χ1) is 10.2. The molecule has 1 N–H and O–H groups in total. The maximum Gasteiger partial charge on any atom is 0.342 e. The Bertz CT molecular complexity index is 729. The van der Waals surface area contributed by atoms with Crippen LogP contribution in [0, 0.1) is 0 Å². The Balaban J connectivity index is 1.66. The molecule has 3 heterocycles. The van der Waals surface area contributed by atoms with Crippen LogP contribution in [0.15, 0.2) is 24.9 Å².